The van der Waals surface area contributed by atoms with E-state index in [9.17, 15) is 0 Å². The van der Waals surface area contributed by atoms with E-state index in [1.165, 1.54) is 12.0 Å². The Morgan fingerprint density at radius 3 is 2.08 bits per heavy atom. The van der Waals surface area contributed by atoms with Crippen LogP contribution in [0, 0.1) is 0 Å². The monoisotopic (exact) mass is 178 g/mol. The predicted octanol–water partition coefficient (Wildman–Crippen LogP) is 4.67. The fourth-order valence-electron chi connectivity index (χ4n) is 0.609. The van der Waals surface area contributed by atoms with Crippen LogP contribution in [0.3, 0.4) is 0 Å². The van der Waals surface area contributed by atoms with Crippen LogP contribution in [0.4, 0.5) is 0 Å². The molecule has 0 spiro atoms. The van der Waals surface area contributed by atoms with E-state index < -0.39 is 0 Å². The summed E-state index contributed by atoms with van der Waals surface area (Å²) in [5.41, 5.74) is 1.18. The molecule has 13 heavy (non-hydrogen) atoms. The molecule has 0 aliphatic heterocycles. The first-order valence-corrected chi connectivity index (χ1v) is 4.77. The maximum absolute atomic E-state index is 3.85. The molecule has 0 saturated carbocycles. The lowest BCUT2D eigenvalue weighted by molar-refractivity contribution is 0.930. The van der Waals surface area contributed by atoms with E-state index in [0.29, 0.717) is 0 Å². The summed E-state index contributed by atoms with van der Waals surface area (Å²) in [6.07, 6.45) is 11.9. The van der Waals surface area contributed by atoms with Crippen molar-refractivity contribution in [2.24, 2.45) is 0 Å². The summed E-state index contributed by atoms with van der Waals surface area (Å²) in [6.45, 7) is 13.6. The highest BCUT2D eigenvalue weighted by molar-refractivity contribution is 5.17. The fraction of sp³-hybridized carbons (Fsp3) is 0.385. The van der Waals surface area contributed by atoms with Gasteiger partial charge in [0.15, 0.2) is 0 Å². The molecule has 0 bridgehead atoms. The number of allylic oxidation sites excluding steroid dienone is 6. The lowest BCUT2D eigenvalue weighted by Crippen LogP contribution is -1.71. The second-order valence-corrected chi connectivity index (χ2v) is 2.67. The zero-order chi connectivity index (χ0) is 10.5. The summed E-state index contributed by atoms with van der Waals surface area (Å²) in [5, 5.41) is 0. The van der Waals surface area contributed by atoms with E-state index in [1.54, 1.807) is 6.08 Å². The van der Waals surface area contributed by atoms with Crippen molar-refractivity contribution in [1.82, 2.24) is 0 Å². The van der Waals surface area contributed by atoms with E-state index in [-0.39, 0.29) is 0 Å². The van der Waals surface area contributed by atoms with Gasteiger partial charge >= 0.3 is 0 Å². The van der Waals surface area contributed by atoms with Gasteiger partial charge in [0.2, 0.25) is 0 Å². The third kappa shape index (κ3) is 18.2. The summed E-state index contributed by atoms with van der Waals surface area (Å²) in [4.78, 5) is 0. The first-order valence-electron chi connectivity index (χ1n) is 4.77. The molecule has 74 valence electrons. The largest absolute Gasteiger partial charge is 0.0991 e. The Hall–Kier alpha value is -1.04. The summed E-state index contributed by atoms with van der Waals surface area (Å²) in [5.74, 6) is 0. The normalized spacial score (nSPS) is 9.77. The third-order valence-electron chi connectivity index (χ3n) is 1.37. The van der Waals surface area contributed by atoms with Gasteiger partial charge in [0, 0.05) is 0 Å². The van der Waals surface area contributed by atoms with Crippen molar-refractivity contribution in [3.63, 3.8) is 0 Å². The highest BCUT2D eigenvalue weighted by atomic mass is 13.9. The SMILES string of the molecule is C/C=C\C.C=C/C=C\C(=C)CCC. The van der Waals surface area contributed by atoms with Crippen LogP contribution in [0.5, 0.6) is 0 Å². The van der Waals surface area contributed by atoms with Gasteiger partial charge in [-0.1, -0.05) is 62.5 Å². The van der Waals surface area contributed by atoms with Crippen molar-refractivity contribution in [3.05, 3.63) is 49.1 Å². The van der Waals surface area contributed by atoms with Gasteiger partial charge in [-0.2, -0.15) is 0 Å². The van der Waals surface area contributed by atoms with Gasteiger partial charge in [-0.05, 0) is 20.3 Å². The van der Waals surface area contributed by atoms with Crippen LogP contribution in [0.15, 0.2) is 49.1 Å². The van der Waals surface area contributed by atoms with Crippen LogP contribution < -0.4 is 0 Å². The van der Waals surface area contributed by atoms with Gasteiger partial charge in [-0.15, -0.1) is 0 Å². The molecule has 0 aliphatic carbocycles. The van der Waals surface area contributed by atoms with Crippen molar-refractivity contribution in [2.45, 2.75) is 33.6 Å². The van der Waals surface area contributed by atoms with Crippen LogP contribution in [0.1, 0.15) is 33.6 Å². The second kappa shape index (κ2) is 13.5. The highest BCUT2D eigenvalue weighted by Crippen LogP contribution is 2.02. The van der Waals surface area contributed by atoms with Gasteiger partial charge < -0.3 is 0 Å². The average Bonchev–Trinajstić information content (AvgIpc) is 2.16. The lowest BCUT2D eigenvalue weighted by atomic mass is 10.2. The van der Waals surface area contributed by atoms with Crippen molar-refractivity contribution < 1.29 is 0 Å². The van der Waals surface area contributed by atoms with Crippen LogP contribution in [-0.2, 0) is 0 Å². The van der Waals surface area contributed by atoms with Gasteiger partial charge in [0.1, 0.15) is 0 Å². The fourth-order valence-corrected chi connectivity index (χ4v) is 0.609. The molecule has 0 nitrogen and oxygen atoms in total. The Balaban J connectivity index is 0. The molecule has 0 fully saturated rings. The predicted molar refractivity (Wildman–Crippen MR) is 63.9 cm³/mol. The van der Waals surface area contributed by atoms with Gasteiger partial charge in [-0.3, -0.25) is 0 Å². The molecule has 0 N–H and O–H groups in total. The minimum Gasteiger partial charge on any atom is -0.0991 e. The van der Waals surface area contributed by atoms with E-state index in [4.69, 9.17) is 0 Å². The van der Waals surface area contributed by atoms with Crippen molar-refractivity contribution in [2.75, 3.05) is 0 Å². The first kappa shape index (κ1) is 14.5. The minimum atomic E-state index is 1.09. The van der Waals surface area contributed by atoms with Crippen LogP contribution >= 0.6 is 0 Å². The second-order valence-electron chi connectivity index (χ2n) is 2.67. The number of hydrogen-bond acceptors (Lipinski definition) is 0. The smallest absolute Gasteiger partial charge is 0.0287 e. The molecule has 0 aliphatic rings. The van der Waals surface area contributed by atoms with Crippen LogP contribution in [-0.4, -0.2) is 0 Å². The topological polar surface area (TPSA) is 0 Å². The van der Waals surface area contributed by atoms with Crippen molar-refractivity contribution in [1.29, 1.82) is 0 Å². The minimum absolute atomic E-state index is 1.09. The number of rotatable bonds is 4. The van der Waals surface area contributed by atoms with Crippen molar-refractivity contribution in [3.8, 4) is 0 Å². The quantitative estimate of drug-likeness (QED) is 0.433. The molecule has 0 heteroatoms. The molecule has 0 saturated heterocycles. The van der Waals surface area contributed by atoms with Crippen molar-refractivity contribution >= 4 is 0 Å². The molecule has 0 aromatic rings. The molecule has 0 atom stereocenters. The summed E-state index contributed by atoms with van der Waals surface area (Å²) in [7, 11) is 0. The molecular formula is C13H22. The Bertz CT molecular complexity index is 166. The lowest BCUT2D eigenvalue weighted by Gasteiger charge is -1.91. The Labute approximate surface area is 83.4 Å². The zero-order valence-electron chi connectivity index (χ0n) is 9.22. The standard InChI is InChI=1S/C9H14.C4H8/c1-4-6-8-9(3)7-5-2;1-3-4-2/h4,6,8H,1,3,5,7H2,2H3;3-4H,1-2H3/b8-6-;4-3-. The first-order chi connectivity index (χ1) is 6.22. The molecule has 0 radical (unpaired) electrons. The molecule has 0 aromatic carbocycles. The number of hydrogen-bond donors (Lipinski definition) is 0. The summed E-state index contributed by atoms with van der Waals surface area (Å²) in [6, 6.07) is 0. The van der Waals surface area contributed by atoms with E-state index in [2.05, 4.69) is 20.1 Å². The maximum Gasteiger partial charge on any atom is -0.0287 e. The highest BCUT2D eigenvalue weighted by Gasteiger charge is 1.81. The summed E-state index contributed by atoms with van der Waals surface area (Å²) < 4.78 is 0. The molecule has 0 rings (SSSR count). The molecule has 0 heterocycles. The van der Waals surface area contributed by atoms with Gasteiger partial charge in [0.05, 0.1) is 0 Å². The van der Waals surface area contributed by atoms with E-state index in [0.717, 1.165) is 6.42 Å². The molecule has 0 aromatic heterocycles. The van der Waals surface area contributed by atoms with Gasteiger partial charge in [-0.25, -0.2) is 0 Å². The Morgan fingerprint density at radius 1 is 1.23 bits per heavy atom. The van der Waals surface area contributed by atoms with E-state index >= 15 is 0 Å². The third-order valence-corrected chi connectivity index (χ3v) is 1.37. The maximum atomic E-state index is 3.85. The van der Waals surface area contributed by atoms with Gasteiger partial charge in [0.25, 0.3) is 0 Å². The molecule has 0 amide bonds. The van der Waals surface area contributed by atoms with Crippen LogP contribution in [0.25, 0.3) is 0 Å². The molecule has 0 unspecified atom stereocenters. The molecular weight excluding hydrogens is 156 g/mol. The Morgan fingerprint density at radius 2 is 1.77 bits per heavy atom. The van der Waals surface area contributed by atoms with Crippen LogP contribution in [0.2, 0.25) is 0 Å². The van der Waals surface area contributed by atoms with E-state index in [1.807, 2.05) is 38.2 Å². The zero-order valence-corrected chi connectivity index (χ0v) is 9.22. The summed E-state index contributed by atoms with van der Waals surface area (Å²) >= 11 is 0. The Kier molecular flexibility index (Phi) is 15.1. The average molecular weight is 178 g/mol.